The van der Waals surface area contributed by atoms with Crippen LogP contribution in [-0.4, -0.2) is 24.2 Å². The van der Waals surface area contributed by atoms with Gasteiger partial charge in [-0.25, -0.2) is 4.79 Å². The number of benzene rings is 1. The van der Waals surface area contributed by atoms with Crippen LogP contribution in [0.3, 0.4) is 0 Å². The summed E-state index contributed by atoms with van der Waals surface area (Å²) < 4.78 is 1.02. The van der Waals surface area contributed by atoms with Gasteiger partial charge in [-0.1, -0.05) is 31.7 Å². The summed E-state index contributed by atoms with van der Waals surface area (Å²) in [4.78, 5) is 12.9. The molecule has 0 radical (unpaired) electrons. The zero-order chi connectivity index (χ0) is 15.2. The quantitative estimate of drug-likeness (QED) is 0.630. The van der Waals surface area contributed by atoms with Crippen LogP contribution in [0.4, 0.5) is 5.69 Å². The van der Waals surface area contributed by atoms with Gasteiger partial charge in [0.1, 0.15) is 0 Å². The fraction of sp³-hybridized carbons (Fsp3) is 0.471. The molecule has 1 N–H and O–H groups in total. The number of nitrogens with zero attached hydrogens (tertiary/aromatic N) is 1. The topological polar surface area (TPSA) is 40.5 Å². The Kier molecular flexibility index (Phi) is 5.85. The Morgan fingerprint density at radius 3 is 2.52 bits per heavy atom. The van der Waals surface area contributed by atoms with E-state index in [-0.39, 0.29) is 0 Å². The summed E-state index contributed by atoms with van der Waals surface area (Å²) in [6, 6.07) is 6.61. The molecule has 0 bridgehead atoms. The normalized spacial score (nSPS) is 16.9. The maximum absolute atomic E-state index is 10.6. The third-order valence-corrected chi connectivity index (χ3v) is 4.78. The Hall–Kier alpha value is -1.29. The monoisotopic (exact) mass is 351 g/mol. The minimum Gasteiger partial charge on any atom is -0.478 e. The van der Waals surface area contributed by atoms with E-state index in [0.717, 1.165) is 16.1 Å². The van der Waals surface area contributed by atoms with Gasteiger partial charge in [0.25, 0.3) is 0 Å². The molecule has 1 aliphatic rings. The predicted octanol–water partition coefficient (Wildman–Crippen LogP) is 4.71. The summed E-state index contributed by atoms with van der Waals surface area (Å²) in [5.74, 6) is -0.925. The van der Waals surface area contributed by atoms with E-state index in [1.165, 1.54) is 44.2 Å². The number of carboxylic acid groups (broad SMARTS) is 1. The molecule has 0 saturated heterocycles. The van der Waals surface area contributed by atoms with Gasteiger partial charge in [-0.15, -0.1) is 0 Å². The van der Waals surface area contributed by atoms with Crippen LogP contribution in [0.2, 0.25) is 0 Å². The van der Waals surface area contributed by atoms with Crippen molar-refractivity contribution in [3.63, 3.8) is 0 Å². The number of halogens is 1. The molecule has 0 aromatic heterocycles. The van der Waals surface area contributed by atoms with Crippen molar-refractivity contribution >= 4 is 33.7 Å². The van der Waals surface area contributed by atoms with Crippen LogP contribution >= 0.6 is 15.9 Å². The van der Waals surface area contributed by atoms with Gasteiger partial charge >= 0.3 is 5.97 Å². The number of aliphatic carboxylic acids is 1. The van der Waals surface area contributed by atoms with Crippen LogP contribution in [0.15, 0.2) is 28.7 Å². The van der Waals surface area contributed by atoms with Crippen molar-refractivity contribution < 1.29 is 9.90 Å². The minimum atomic E-state index is -0.925. The Morgan fingerprint density at radius 1 is 1.29 bits per heavy atom. The highest BCUT2D eigenvalue weighted by Crippen LogP contribution is 2.31. The zero-order valence-corrected chi connectivity index (χ0v) is 14.0. The van der Waals surface area contributed by atoms with Crippen LogP contribution in [-0.2, 0) is 4.79 Å². The van der Waals surface area contributed by atoms with E-state index in [0.29, 0.717) is 6.04 Å². The molecule has 0 amide bonds. The highest BCUT2D eigenvalue weighted by Gasteiger charge is 2.18. The lowest BCUT2D eigenvalue weighted by molar-refractivity contribution is -0.131. The maximum Gasteiger partial charge on any atom is 0.328 e. The molecule has 0 atom stereocenters. The molecule has 4 heteroatoms. The van der Waals surface area contributed by atoms with Crippen molar-refractivity contribution in [3.05, 3.63) is 34.3 Å². The van der Waals surface area contributed by atoms with E-state index in [1.807, 2.05) is 12.1 Å². The van der Waals surface area contributed by atoms with Gasteiger partial charge in [0.2, 0.25) is 0 Å². The highest BCUT2D eigenvalue weighted by molar-refractivity contribution is 9.10. The predicted molar refractivity (Wildman–Crippen MR) is 90.7 cm³/mol. The van der Waals surface area contributed by atoms with Gasteiger partial charge in [-0.05, 0) is 52.5 Å². The smallest absolute Gasteiger partial charge is 0.328 e. The molecule has 1 aromatic rings. The number of carbonyl (C=O) groups is 1. The largest absolute Gasteiger partial charge is 0.478 e. The molecule has 21 heavy (non-hydrogen) atoms. The fourth-order valence-electron chi connectivity index (χ4n) is 2.92. The molecule has 3 nitrogen and oxygen atoms in total. The molecule has 0 aliphatic heterocycles. The Balaban J connectivity index is 2.13. The lowest BCUT2D eigenvalue weighted by atomic mass is 10.1. The standard InChI is InChI=1S/C17H22BrNO2/c1-19(14-6-4-2-3-5-7-14)16-10-8-13(12-15(16)18)9-11-17(20)21/h8-12,14H,2-7H2,1H3,(H,20,21)/b11-9+. The van der Waals surface area contributed by atoms with Crippen molar-refractivity contribution in [2.75, 3.05) is 11.9 Å². The van der Waals surface area contributed by atoms with Crippen molar-refractivity contribution in [1.82, 2.24) is 0 Å². The SMILES string of the molecule is CN(c1ccc(/C=C/C(=O)O)cc1Br)C1CCCCCC1. The molecule has 1 aliphatic carbocycles. The van der Waals surface area contributed by atoms with Crippen LogP contribution in [0.5, 0.6) is 0 Å². The van der Waals surface area contributed by atoms with E-state index < -0.39 is 5.97 Å². The summed E-state index contributed by atoms with van der Waals surface area (Å²) >= 11 is 3.62. The molecule has 1 saturated carbocycles. The van der Waals surface area contributed by atoms with Crippen LogP contribution < -0.4 is 4.90 Å². The molecule has 0 unspecified atom stereocenters. The lowest BCUT2D eigenvalue weighted by Gasteiger charge is -2.30. The molecule has 1 fully saturated rings. The van der Waals surface area contributed by atoms with Gasteiger partial charge in [0, 0.05) is 23.6 Å². The molecular weight excluding hydrogens is 330 g/mol. The summed E-state index contributed by atoms with van der Waals surface area (Å²) in [5.41, 5.74) is 2.07. The zero-order valence-electron chi connectivity index (χ0n) is 12.4. The number of hydrogen-bond acceptors (Lipinski definition) is 2. The minimum absolute atomic E-state index is 0.601. The second-order valence-electron chi connectivity index (χ2n) is 5.64. The van der Waals surface area contributed by atoms with Crippen molar-refractivity contribution in [2.45, 2.75) is 44.6 Å². The van der Waals surface area contributed by atoms with Crippen molar-refractivity contribution in [1.29, 1.82) is 0 Å². The van der Waals surface area contributed by atoms with Gasteiger partial charge in [-0.2, -0.15) is 0 Å². The lowest BCUT2D eigenvalue weighted by Crippen LogP contribution is -2.31. The maximum atomic E-state index is 10.6. The molecule has 0 heterocycles. The van der Waals surface area contributed by atoms with Crippen molar-refractivity contribution in [2.24, 2.45) is 0 Å². The number of hydrogen-bond donors (Lipinski definition) is 1. The number of rotatable bonds is 4. The third kappa shape index (κ3) is 4.60. The van der Waals surface area contributed by atoms with E-state index >= 15 is 0 Å². The fourth-order valence-corrected chi connectivity index (χ4v) is 3.60. The summed E-state index contributed by atoms with van der Waals surface area (Å²) in [6.07, 6.45) is 10.6. The van der Waals surface area contributed by atoms with Gasteiger partial charge < -0.3 is 10.0 Å². The van der Waals surface area contributed by atoms with Gasteiger partial charge in [0.05, 0.1) is 5.69 Å². The highest BCUT2D eigenvalue weighted by atomic mass is 79.9. The average Bonchev–Trinajstić information content (AvgIpc) is 2.73. The van der Waals surface area contributed by atoms with E-state index in [2.05, 4.69) is 33.9 Å². The second kappa shape index (κ2) is 7.64. The first kappa shape index (κ1) is 16.1. The summed E-state index contributed by atoms with van der Waals surface area (Å²) in [7, 11) is 2.16. The molecule has 114 valence electrons. The molecule has 1 aromatic carbocycles. The Bertz CT molecular complexity index is 520. The van der Waals surface area contributed by atoms with Crippen LogP contribution in [0.25, 0.3) is 6.08 Å². The van der Waals surface area contributed by atoms with Crippen LogP contribution in [0.1, 0.15) is 44.1 Å². The summed E-state index contributed by atoms with van der Waals surface area (Å²) in [6.45, 7) is 0. The van der Waals surface area contributed by atoms with E-state index in [9.17, 15) is 4.79 Å². The number of anilines is 1. The molecular formula is C17H22BrNO2. The first-order chi connectivity index (χ1) is 10.1. The second-order valence-corrected chi connectivity index (χ2v) is 6.49. The average molecular weight is 352 g/mol. The first-order valence-corrected chi connectivity index (χ1v) is 8.30. The van der Waals surface area contributed by atoms with E-state index in [4.69, 9.17) is 5.11 Å². The van der Waals surface area contributed by atoms with E-state index in [1.54, 1.807) is 6.08 Å². The number of carboxylic acids is 1. The molecule has 0 spiro atoms. The van der Waals surface area contributed by atoms with Crippen LogP contribution in [0, 0.1) is 0 Å². The first-order valence-electron chi connectivity index (χ1n) is 7.51. The van der Waals surface area contributed by atoms with Crippen molar-refractivity contribution in [3.8, 4) is 0 Å². The molecule has 2 rings (SSSR count). The van der Waals surface area contributed by atoms with Gasteiger partial charge in [0.15, 0.2) is 0 Å². The Morgan fingerprint density at radius 2 is 1.95 bits per heavy atom. The third-order valence-electron chi connectivity index (χ3n) is 4.14. The Labute approximate surface area is 134 Å². The van der Waals surface area contributed by atoms with Gasteiger partial charge in [-0.3, -0.25) is 0 Å². The summed E-state index contributed by atoms with van der Waals surface area (Å²) in [5, 5.41) is 8.68.